The molecular formula is C20H18BrClN2OS. The predicted molar refractivity (Wildman–Crippen MR) is 111 cm³/mol. The monoisotopic (exact) mass is 448 g/mol. The first-order chi connectivity index (χ1) is 12.7. The average molecular weight is 450 g/mol. The Kier molecular flexibility index (Phi) is 5.60. The molecule has 1 aliphatic heterocycles. The number of rotatable bonds is 4. The molecule has 3 nitrogen and oxygen atoms in total. The lowest BCUT2D eigenvalue weighted by Gasteiger charge is -2.14. The standard InChI is InChI=1S/C20H18BrClN2OS/c21-15-9-7-14(8-10-15)19-13-26-20(23-18-6-2-1-5-17(18)22)24(19)12-16-4-3-11-25-16/h1-2,5-10,13,16H,3-4,11-12H2. The van der Waals surface area contributed by atoms with E-state index in [0.717, 1.165) is 46.6 Å². The SMILES string of the molecule is Clc1ccccc1N=c1scc(-c2ccc(Br)cc2)n1CC1CCCO1. The van der Waals surface area contributed by atoms with Crippen molar-refractivity contribution in [1.82, 2.24) is 4.57 Å². The van der Waals surface area contributed by atoms with E-state index in [4.69, 9.17) is 21.3 Å². The minimum absolute atomic E-state index is 0.240. The quantitative estimate of drug-likeness (QED) is 0.476. The Labute approximate surface area is 170 Å². The van der Waals surface area contributed by atoms with Gasteiger partial charge in [0.25, 0.3) is 0 Å². The van der Waals surface area contributed by atoms with E-state index in [1.165, 1.54) is 5.56 Å². The number of hydrogen-bond donors (Lipinski definition) is 0. The van der Waals surface area contributed by atoms with Crippen LogP contribution in [-0.4, -0.2) is 17.3 Å². The molecule has 0 radical (unpaired) electrons. The van der Waals surface area contributed by atoms with Crippen LogP contribution in [0.4, 0.5) is 5.69 Å². The summed E-state index contributed by atoms with van der Waals surface area (Å²) in [4.78, 5) is 5.77. The van der Waals surface area contributed by atoms with Gasteiger partial charge in [-0.2, -0.15) is 0 Å². The Morgan fingerprint density at radius 1 is 1.19 bits per heavy atom. The third-order valence-electron chi connectivity index (χ3n) is 4.42. The van der Waals surface area contributed by atoms with Crippen LogP contribution in [0, 0.1) is 0 Å². The fourth-order valence-corrected chi connectivity index (χ4v) is 4.46. The molecular weight excluding hydrogens is 432 g/mol. The molecule has 26 heavy (non-hydrogen) atoms. The normalized spacial score (nSPS) is 17.8. The molecule has 1 fully saturated rings. The second kappa shape index (κ2) is 8.09. The maximum atomic E-state index is 6.31. The van der Waals surface area contributed by atoms with Crippen molar-refractivity contribution in [3.05, 3.63) is 68.2 Å². The number of halogens is 2. The van der Waals surface area contributed by atoms with E-state index in [1.807, 2.05) is 24.3 Å². The third kappa shape index (κ3) is 3.96. The molecule has 0 bridgehead atoms. The van der Waals surface area contributed by atoms with Gasteiger partial charge < -0.3 is 9.30 Å². The zero-order chi connectivity index (χ0) is 17.9. The first-order valence-electron chi connectivity index (χ1n) is 8.56. The molecule has 1 unspecified atom stereocenters. The van der Waals surface area contributed by atoms with Crippen molar-refractivity contribution in [2.45, 2.75) is 25.5 Å². The van der Waals surface area contributed by atoms with E-state index < -0.39 is 0 Å². The lowest BCUT2D eigenvalue weighted by atomic mass is 10.1. The van der Waals surface area contributed by atoms with Gasteiger partial charge in [-0.1, -0.05) is 51.8 Å². The molecule has 3 aromatic rings. The van der Waals surface area contributed by atoms with Crippen LogP contribution in [-0.2, 0) is 11.3 Å². The Morgan fingerprint density at radius 3 is 2.73 bits per heavy atom. The smallest absolute Gasteiger partial charge is 0.190 e. The molecule has 0 aliphatic carbocycles. The molecule has 0 amide bonds. The summed E-state index contributed by atoms with van der Waals surface area (Å²) in [7, 11) is 0. The van der Waals surface area contributed by atoms with Crippen LogP contribution in [0.5, 0.6) is 0 Å². The molecule has 6 heteroatoms. The maximum absolute atomic E-state index is 6.31. The summed E-state index contributed by atoms with van der Waals surface area (Å²) < 4.78 is 9.20. The van der Waals surface area contributed by atoms with Crippen LogP contribution in [0.3, 0.4) is 0 Å². The van der Waals surface area contributed by atoms with E-state index >= 15 is 0 Å². The van der Waals surface area contributed by atoms with Gasteiger partial charge in [-0.05, 0) is 42.7 Å². The second-order valence-corrected chi connectivity index (χ2v) is 8.38. The summed E-state index contributed by atoms with van der Waals surface area (Å²) in [5.41, 5.74) is 3.12. The van der Waals surface area contributed by atoms with Crippen LogP contribution < -0.4 is 4.80 Å². The van der Waals surface area contributed by atoms with E-state index in [2.05, 4.69) is 50.1 Å². The molecule has 2 heterocycles. The summed E-state index contributed by atoms with van der Waals surface area (Å²) in [6.07, 6.45) is 2.46. The van der Waals surface area contributed by atoms with Crippen molar-refractivity contribution < 1.29 is 4.74 Å². The van der Waals surface area contributed by atoms with Crippen molar-refractivity contribution in [3.8, 4) is 11.3 Å². The van der Waals surface area contributed by atoms with Crippen molar-refractivity contribution in [2.75, 3.05) is 6.61 Å². The van der Waals surface area contributed by atoms with Gasteiger partial charge in [-0.15, -0.1) is 11.3 Å². The first-order valence-corrected chi connectivity index (χ1v) is 10.6. The van der Waals surface area contributed by atoms with Gasteiger partial charge in [0.1, 0.15) is 0 Å². The largest absolute Gasteiger partial charge is 0.376 e. The Hall–Kier alpha value is -1.40. The van der Waals surface area contributed by atoms with E-state index in [-0.39, 0.29) is 6.10 Å². The summed E-state index contributed by atoms with van der Waals surface area (Å²) in [5.74, 6) is 0. The fourth-order valence-electron chi connectivity index (χ4n) is 3.08. The molecule has 0 spiro atoms. The van der Waals surface area contributed by atoms with Gasteiger partial charge >= 0.3 is 0 Å². The highest BCUT2D eigenvalue weighted by Crippen LogP contribution is 2.26. The highest BCUT2D eigenvalue weighted by Gasteiger charge is 2.19. The zero-order valence-corrected chi connectivity index (χ0v) is 17.2. The lowest BCUT2D eigenvalue weighted by molar-refractivity contribution is 0.0968. The Morgan fingerprint density at radius 2 is 2.00 bits per heavy atom. The highest BCUT2D eigenvalue weighted by atomic mass is 79.9. The van der Waals surface area contributed by atoms with Crippen LogP contribution in [0.2, 0.25) is 5.02 Å². The minimum atomic E-state index is 0.240. The topological polar surface area (TPSA) is 26.5 Å². The van der Waals surface area contributed by atoms with Crippen LogP contribution >= 0.6 is 38.9 Å². The van der Waals surface area contributed by atoms with Crippen molar-refractivity contribution >= 4 is 44.6 Å². The molecule has 134 valence electrons. The Bertz CT molecular complexity index is 958. The summed E-state index contributed by atoms with van der Waals surface area (Å²) >= 11 is 11.4. The predicted octanol–water partition coefficient (Wildman–Crippen LogP) is 6.04. The summed E-state index contributed by atoms with van der Waals surface area (Å²) in [6.45, 7) is 1.65. The minimum Gasteiger partial charge on any atom is -0.376 e. The van der Waals surface area contributed by atoms with Crippen molar-refractivity contribution in [2.24, 2.45) is 4.99 Å². The summed E-state index contributed by atoms with van der Waals surface area (Å²) in [5, 5.41) is 2.82. The van der Waals surface area contributed by atoms with Crippen LogP contribution in [0.1, 0.15) is 12.8 Å². The number of aromatic nitrogens is 1. The van der Waals surface area contributed by atoms with Gasteiger partial charge in [-0.25, -0.2) is 4.99 Å². The van der Waals surface area contributed by atoms with Crippen molar-refractivity contribution in [1.29, 1.82) is 0 Å². The van der Waals surface area contributed by atoms with Gasteiger partial charge in [-0.3, -0.25) is 0 Å². The molecule has 1 aromatic heterocycles. The maximum Gasteiger partial charge on any atom is 0.190 e. The zero-order valence-electron chi connectivity index (χ0n) is 14.1. The van der Waals surface area contributed by atoms with Crippen LogP contribution in [0.15, 0.2) is 63.4 Å². The number of ether oxygens (including phenoxy) is 1. The van der Waals surface area contributed by atoms with E-state index in [9.17, 15) is 0 Å². The molecule has 0 saturated carbocycles. The van der Waals surface area contributed by atoms with Gasteiger partial charge in [0.15, 0.2) is 4.80 Å². The number of hydrogen-bond acceptors (Lipinski definition) is 3. The first kappa shape index (κ1) is 18.0. The van der Waals surface area contributed by atoms with E-state index in [1.54, 1.807) is 11.3 Å². The molecule has 1 aliphatic rings. The second-order valence-electron chi connectivity index (χ2n) is 6.22. The molecule has 1 saturated heterocycles. The number of thiazole rings is 1. The summed E-state index contributed by atoms with van der Waals surface area (Å²) in [6, 6.07) is 16.1. The molecule has 0 N–H and O–H groups in total. The molecule has 4 rings (SSSR count). The van der Waals surface area contributed by atoms with Gasteiger partial charge in [0.2, 0.25) is 0 Å². The molecule has 2 aromatic carbocycles. The van der Waals surface area contributed by atoms with Crippen molar-refractivity contribution in [3.63, 3.8) is 0 Å². The van der Waals surface area contributed by atoms with Crippen LogP contribution in [0.25, 0.3) is 11.3 Å². The molecule has 1 atom stereocenters. The number of benzene rings is 2. The average Bonchev–Trinajstić information content (AvgIpc) is 3.29. The lowest BCUT2D eigenvalue weighted by Crippen LogP contribution is -2.24. The third-order valence-corrected chi connectivity index (χ3v) is 6.13. The van der Waals surface area contributed by atoms with E-state index in [0.29, 0.717) is 5.02 Å². The van der Waals surface area contributed by atoms with Gasteiger partial charge in [0.05, 0.1) is 29.1 Å². The fraction of sp³-hybridized carbons (Fsp3) is 0.250. The Balaban J connectivity index is 1.81. The highest BCUT2D eigenvalue weighted by molar-refractivity contribution is 9.10. The number of para-hydroxylation sites is 1. The number of nitrogens with zero attached hydrogens (tertiary/aromatic N) is 2. The van der Waals surface area contributed by atoms with Gasteiger partial charge in [0, 0.05) is 16.5 Å².